The third-order valence-electron chi connectivity index (χ3n) is 4.72. The number of unbranched alkanes of at least 4 members (excludes halogenated alkanes) is 1. The summed E-state index contributed by atoms with van der Waals surface area (Å²) in [6, 6.07) is 1.67. The lowest BCUT2D eigenvalue weighted by atomic mass is 10.2. The predicted octanol–water partition coefficient (Wildman–Crippen LogP) is 0.925. The molecule has 3 rings (SSSR count). The van der Waals surface area contributed by atoms with Gasteiger partial charge in [0.2, 0.25) is 0 Å². The van der Waals surface area contributed by atoms with Gasteiger partial charge in [0.15, 0.2) is 0 Å². The van der Waals surface area contributed by atoms with Crippen LogP contribution in [-0.4, -0.2) is 74.4 Å². The van der Waals surface area contributed by atoms with Crippen LogP contribution < -0.4 is 5.32 Å². The smallest absolute Gasteiger partial charge is 0.0594 e. The molecular formula is C15H29N3O. The first kappa shape index (κ1) is 13.8. The highest BCUT2D eigenvalue weighted by molar-refractivity contribution is 4.84. The van der Waals surface area contributed by atoms with Crippen molar-refractivity contribution in [2.45, 2.75) is 44.2 Å². The van der Waals surface area contributed by atoms with Crippen LogP contribution in [0.1, 0.15) is 32.1 Å². The Balaban J connectivity index is 1.26. The number of ether oxygens (including phenoxy) is 1. The molecule has 4 nitrogen and oxygen atoms in total. The lowest BCUT2D eigenvalue weighted by Gasteiger charge is -2.32. The zero-order valence-corrected chi connectivity index (χ0v) is 12.1. The number of hydrogen-bond donors (Lipinski definition) is 1. The van der Waals surface area contributed by atoms with Crippen molar-refractivity contribution in [1.82, 2.24) is 15.1 Å². The topological polar surface area (TPSA) is 27.7 Å². The monoisotopic (exact) mass is 267 g/mol. The summed E-state index contributed by atoms with van der Waals surface area (Å²) in [6.45, 7) is 9.27. The number of likely N-dealkylation sites (tertiary alicyclic amines) is 1. The number of nitrogens with one attached hydrogen (secondary N) is 1. The summed E-state index contributed by atoms with van der Waals surface area (Å²) < 4.78 is 5.44. The molecule has 0 spiro atoms. The Morgan fingerprint density at radius 1 is 1.00 bits per heavy atom. The average molecular weight is 267 g/mol. The van der Waals surface area contributed by atoms with Gasteiger partial charge in [-0.3, -0.25) is 4.90 Å². The van der Waals surface area contributed by atoms with Crippen LogP contribution in [0.15, 0.2) is 0 Å². The lowest BCUT2D eigenvalue weighted by molar-refractivity contribution is 0.0185. The second-order valence-electron chi connectivity index (χ2n) is 6.33. The van der Waals surface area contributed by atoms with E-state index in [2.05, 4.69) is 15.1 Å². The molecule has 2 heterocycles. The molecule has 0 amide bonds. The Hall–Kier alpha value is -0.160. The van der Waals surface area contributed by atoms with Crippen LogP contribution in [0.4, 0.5) is 0 Å². The zero-order valence-electron chi connectivity index (χ0n) is 12.1. The first-order valence-corrected chi connectivity index (χ1v) is 8.19. The lowest BCUT2D eigenvalue weighted by Crippen LogP contribution is -2.44. The highest BCUT2D eigenvalue weighted by Crippen LogP contribution is 2.19. The molecule has 2 saturated heterocycles. The molecule has 1 atom stereocenters. The SMILES string of the molecule is C(CCN1CCC(N2CCOCC2)C1)CNC1CC1. The summed E-state index contributed by atoms with van der Waals surface area (Å²) in [5.74, 6) is 0. The molecule has 1 unspecified atom stereocenters. The molecule has 2 aliphatic heterocycles. The van der Waals surface area contributed by atoms with E-state index >= 15 is 0 Å². The van der Waals surface area contributed by atoms with Crippen molar-refractivity contribution in [3.05, 3.63) is 0 Å². The third kappa shape index (κ3) is 4.42. The fourth-order valence-corrected chi connectivity index (χ4v) is 3.31. The quantitative estimate of drug-likeness (QED) is 0.694. The molecule has 0 aromatic carbocycles. The Morgan fingerprint density at radius 2 is 1.84 bits per heavy atom. The molecule has 0 aromatic heterocycles. The average Bonchev–Trinajstić information content (AvgIpc) is 3.16. The van der Waals surface area contributed by atoms with Crippen molar-refractivity contribution in [1.29, 1.82) is 0 Å². The summed E-state index contributed by atoms with van der Waals surface area (Å²) in [4.78, 5) is 5.30. The minimum Gasteiger partial charge on any atom is -0.379 e. The highest BCUT2D eigenvalue weighted by atomic mass is 16.5. The van der Waals surface area contributed by atoms with E-state index in [9.17, 15) is 0 Å². The second kappa shape index (κ2) is 7.02. The standard InChI is InChI=1S/C15H29N3O/c1(6-16-14-3-4-14)2-7-17-8-5-15(13-17)18-9-11-19-12-10-18/h14-16H,1-13H2. The summed E-state index contributed by atoms with van der Waals surface area (Å²) in [5, 5.41) is 3.60. The summed E-state index contributed by atoms with van der Waals surface area (Å²) in [5.41, 5.74) is 0. The Bertz CT molecular complexity index is 264. The minimum absolute atomic E-state index is 0.800. The van der Waals surface area contributed by atoms with E-state index in [1.54, 1.807) is 0 Å². The van der Waals surface area contributed by atoms with Crippen LogP contribution >= 0.6 is 0 Å². The first-order chi connectivity index (χ1) is 9.42. The maximum Gasteiger partial charge on any atom is 0.0594 e. The summed E-state index contributed by atoms with van der Waals surface area (Å²) >= 11 is 0. The van der Waals surface area contributed by atoms with Crippen LogP contribution in [0.25, 0.3) is 0 Å². The normalized spacial score (nSPS) is 30.0. The van der Waals surface area contributed by atoms with Crippen molar-refractivity contribution < 1.29 is 4.74 Å². The predicted molar refractivity (Wildman–Crippen MR) is 77.5 cm³/mol. The maximum atomic E-state index is 5.44. The molecular weight excluding hydrogens is 238 g/mol. The number of morpholine rings is 1. The molecule has 1 N–H and O–H groups in total. The highest BCUT2D eigenvalue weighted by Gasteiger charge is 2.28. The third-order valence-corrected chi connectivity index (χ3v) is 4.72. The zero-order chi connectivity index (χ0) is 12.9. The van der Waals surface area contributed by atoms with E-state index in [-0.39, 0.29) is 0 Å². The maximum absolute atomic E-state index is 5.44. The van der Waals surface area contributed by atoms with E-state index in [1.165, 1.54) is 58.3 Å². The van der Waals surface area contributed by atoms with Gasteiger partial charge in [-0.15, -0.1) is 0 Å². The molecule has 0 radical (unpaired) electrons. The van der Waals surface area contributed by atoms with Gasteiger partial charge in [-0.1, -0.05) is 0 Å². The molecule has 1 aliphatic carbocycles. The molecule has 4 heteroatoms. The van der Waals surface area contributed by atoms with Gasteiger partial charge in [0.25, 0.3) is 0 Å². The molecule has 0 bridgehead atoms. The van der Waals surface area contributed by atoms with Crippen LogP contribution in [0.3, 0.4) is 0 Å². The molecule has 0 aromatic rings. The van der Waals surface area contributed by atoms with Gasteiger partial charge in [0.1, 0.15) is 0 Å². The number of rotatable bonds is 7. The van der Waals surface area contributed by atoms with Crippen LogP contribution in [0.5, 0.6) is 0 Å². The van der Waals surface area contributed by atoms with Gasteiger partial charge >= 0.3 is 0 Å². The van der Waals surface area contributed by atoms with E-state index < -0.39 is 0 Å². The molecule has 3 aliphatic rings. The van der Waals surface area contributed by atoms with Crippen molar-refractivity contribution in [2.75, 3.05) is 52.5 Å². The van der Waals surface area contributed by atoms with Crippen molar-refractivity contribution in [3.63, 3.8) is 0 Å². The van der Waals surface area contributed by atoms with Crippen molar-refractivity contribution in [2.24, 2.45) is 0 Å². The molecule has 1 saturated carbocycles. The largest absolute Gasteiger partial charge is 0.379 e. The van der Waals surface area contributed by atoms with E-state index in [4.69, 9.17) is 4.74 Å². The first-order valence-electron chi connectivity index (χ1n) is 8.19. The minimum atomic E-state index is 0.800. The molecule has 19 heavy (non-hydrogen) atoms. The van der Waals surface area contributed by atoms with Crippen molar-refractivity contribution >= 4 is 0 Å². The fourth-order valence-electron chi connectivity index (χ4n) is 3.31. The van der Waals surface area contributed by atoms with E-state index in [1.807, 2.05) is 0 Å². The van der Waals surface area contributed by atoms with E-state index in [0.717, 1.165) is 38.4 Å². The Morgan fingerprint density at radius 3 is 2.63 bits per heavy atom. The Labute approximate surface area is 117 Å². The second-order valence-corrected chi connectivity index (χ2v) is 6.33. The summed E-state index contributed by atoms with van der Waals surface area (Å²) in [7, 11) is 0. The van der Waals surface area contributed by atoms with Gasteiger partial charge in [-0.05, 0) is 51.7 Å². The van der Waals surface area contributed by atoms with Gasteiger partial charge in [0, 0.05) is 31.7 Å². The van der Waals surface area contributed by atoms with E-state index in [0.29, 0.717) is 0 Å². The summed E-state index contributed by atoms with van der Waals surface area (Å²) in [6.07, 6.45) is 6.88. The molecule has 3 fully saturated rings. The van der Waals surface area contributed by atoms with Gasteiger partial charge < -0.3 is 15.0 Å². The van der Waals surface area contributed by atoms with Crippen LogP contribution in [0.2, 0.25) is 0 Å². The van der Waals surface area contributed by atoms with Gasteiger partial charge in [-0.2, -0.15) is 0 Å². The number of nitrogens with zero attached hydrogens (tertiary/aromatic N) is 2. The van der Waals surface area contributed by atoms with Gasteiger partial charge in [0.05, 0.1) is 13.2 Å². The Kier molecular flexibility index (Phi) is 5.10. The van der Waals surface area contributed by atoms with Gasteiger partial charge in [-0.25, -0.2) is 0 Å². The van der Waals surface area contributed by atoms with Crippen LogP contribution in [-0.2, 0) is 4.74 Å². The fraction of sp³-hybridized carbons (Fsp3) is 1.00. The number of hydrogen-bond acceptors (Lipinski definition) is 4. The van der Waals surface area contributed by atoms with Crippen molar-refractivity contribution in [3.8, 4) is 0 Å². The van der Waals surface area contributed by atoms with Crippen LogP contribution in [0, 0.1) is 0 Å². The molecule has 110 valence electrons.